The number of benzene rings is 3. The van der Waals surface area contributed by atoms with Gasteiger partial charge in [0.2, 0.25) is 5.91 Å². The highest BCUT2D eigenvalue weighted by molar-refractivity contribution is 6.01. The highest BCUT2D eigenvalue weighted by Gasteiger charge is 2.27. The van der Waals surface area contributed by atoms with E-state index in [1.165, 1.54) is 0 Å². The van der Waals surface area contributed by atoms with Crippen LogP contribution in [0.2, 0.25) is 0 Å². The van der Waals surface area contributed by atoms with Crippen LogP contribution in [-0.4, -0.2) is 55.0 Å². The normalized spacial score (nSPS) is 11.7. The highest BCUT2D eigenvalue weighted by atomic mass is 16.5. The van der Waals surface area contributed by atoms with Crippen molar-refractivity contribution in [2.24, 2.45) is 5.41 Å². The largest absolute Gasteiger partial charge is 0.492 e. The highest BCUT2D eigenvalue weighted by Crippen LogP contribution is 2.22. The van der Waals surface area contributed by atoms with Crippen LogP contribution in [-0.2, 0) is 22.6 Å². The van der Waals surface area contributed by atoms with Gasteiger partial charge in [0.1, 0.15) is 18.4 Å². The fraction of sp³-hybridized carbons (Fsp3) is 0.353. The fourth-order valence-electron chi connectivity index (χ4n) is 4.38. The molecule has 0 heterocycles. The van der Waals surface area contributed by atoms with Crippen molar-refractivity contribution in [1.29, 1.82) is 0 Å². The monoisotopic (exact) mass is 602 g/mol. The minimum absolute atomic E-state index is 0.0280. The topological polar surface area (TPSA) is 146 Å². The van der Waals surface area contributed by atoms with E-state index in [0.29, 0.717) is 42.0 Å². The molecule has 5 N–H and O–H groups in total. The lowest BCUT2D eigenvalue weighted by Gasteiger charge is -2.26. The van der Waals surface area contributed by atoms with Crippen LogP contribution < -0.4 is 26.0 Å². The molecule has 0 aliphatic rings. The molecule has 0 saturated carbocycles. The van der Waals surface area contributed by atoms with Crippen molar-refractivity contribution in [3.05, 3.63) is 95.1 Å². The van der Waals surface area contributed by atoms with Crippen LogP contribution in [0.3, 0.4) is 0 Å². The van der Waals surface area contributed by atoms with Gasteiger partial charge in [-0.05, 0) is 85.0 Å². The molecule has 0 aliphatic heterocycles. The molecule has 44 heavy (non-hydrogen) atoms. The van der Waals surface area contributed by atoms with Gasteiger partial charge in [-0.15, -0.1) is 0 Å². The molecule has 3 aromatic rings. The van der Waals surface area contributed by atoms with Gasteiger partial charge in [0.25, 0.3) is 11.8 Å². The molecule has 0 radical (unpaired) electrons. The molecule has 234 valence electrons. The van der Waals surface area contributed by atoms with Gasteiger partial charge in [0, 0.05) is 36.3 Å². The van der Waals surface area contributed by atoms with E-state index in [9.17, 15) is 19.2 Å². The molecule has 0 unspecified atom stereocenters. The van der Waals surface area contributed by atoms with Gasteiger partial charge in [-0.1, -0.05) is 45.0 Å². The lowest BCUT2D eigenvalue weighted by molar-refractivity contribution is -0.137. The van der Waals surface area contributed by atoms with E-state index in [4.69, 9.17) is 9.84 Å². The number of hydrogen-bond acceptors (Lipinski definition) is 6. The third-order valence-corrected chi connectivity index (χ3v) is 6.67. The lowest BCUT2D eigenvalue weighted by Crippen LogP contribution is -2.45. The number of carbonyl (C=O) groups excluding carboxylic acids is 3. The predicted molar refractivity (Wildman–Crippen MR) is 170 cm³/mol. The van der Waals surface area contributed by atoms with Crippen LogP contribution in [0, 0.1) is 5.41 Å². The number of carbonyl (C=O) groups is 4. The van der Waals surface area contributed by atoms with Gasteiger partial charge in [0.05, 0.1) is 0 Å². The summed E-state index contributed by atoms with van der Waals surface area (Å²) in [7, 11) is 1.85. The maximum Gasteiger partial charge on any atom is 0.303 e. The van der Waals surface area contributed by atoms with Gasteiger partial charge in [-0.2, -0.15) is 0 Å². The van der Waals surface area contributed by atoms with Crippen molar-refractivity contribution in [1.82, 2.24) is 16.0 Å². The minimum Gasteiger partial charge on any atom is -0.492 e. The van der Waals surface area contributed by atoms with Gasteiger partial charge < -0.3 is 31.1 Å². The van der Waals surface area contributed by atoms with Crippen molar-refractivity contribution in [3.63, 3.8) is 0 Å². The molecule has 3 amide bonds. The van der Waals surface area contributed by atoms with Gasteiger partial charge in [-0.3, -0.25) is 19.2 Å². The molecular weight excluding hydrogens is 560 g/mol. The Morgan fingerprint density at radius 1 is 0.864 bits per heavy atom. The summed E-state index contributed by atoms with van der Waals surface area (Å²) in [6.07, 6.45) is 0.825. The fourth-order valence-corrected chi connectivity index (χ4v) is 4.38. The van der Waals surface area contributed by atoms with Gasteiger partial charge in [0.15, 0.2) is 0 Å². The third-order valence-electron chi connectivity index (χ3n) is 6.67. The summed E-state index contributed by atoms with van der Waals surface area (Å²) in [4.78, 5) is 50.0. The number of nitrogens with one attached hydrogen (secondary N) is 4. The standard InChI is InChI=1S/C34H42N4O6/c1-34(2,3)21-29(33(43)37-27-13-8-23(9-14-27)10-17-30(39)40)38-32(42)26-7-5-6-24(20-26)22-36-31(41)25-11-15-28(16-12-25)44-19-18-35-4/h5-9,11-16,20,29,35H,10,17-19,21-22H2,1-4H3,(H,36,41)(H,37,43)(H,38,42)(H,39,40)/t29-/m0/s1. The second-order valence-corrected chi connectivity index (χ2v) is 11.7. The number of aryl methyl sites for hydroxylation is 1. The molecule has 10 nitrogen and oxygen atoms in total. The molecule has 0 aromatic heterocycles. The number of carboxylic acids is 1. The summed E-state index contributed by atoms with van der Waals surface area (Å²) in [6.45, 7) is 7.43. The number of ether oxygens (including phenoxy) is 1. The Labute approximate surface area is 258 Å². The van der Waals surface area contributed by atoms with Crippen LogP contribution in [0.5, 0.6) is 5.75 Å². The predicted octanol–water partition coefficient (Wildman–Crippen LogP) is 4.41. The Bertz CT molecular complexity index is 1410. The van der Waals surface area contributed by atoms with E-state index in [0.717, 1.165) is 17.7 Å². The first kappa shape index (κ1) is 33.8. The number of rotatable bonds is 15. The summed E-state index contributed by atoms with van der Waals surface area (Å²) in [5.41, 5.74) is 2.75. The van der Waals surface area contributed by atoms with Crippen LogP contribution >= 0.6 is 0 Å². The van der Waals surface area contributed by atoms with E-state index < -0.39 is 17.9 Å². The summed E-state index contributed by atoms with van der Waals surface area (Å²) in [5, 5.41) is 20.5. The summed E-state index contributed by atoms with van der Waals surface area (Å²) in [6, 6.07) is 20.0. The second kappa shape index (κ2) is 16.2. The number of aliphatic carboxylic acids is 1. The van der Waals surface area contributed by atoms with Crippen molar-refractivity contribution in [2.45, 2.75) is 52.6 Å². The number of anilines is 1. The molecule has 0 aliphatic carbocycles. The zero-order valence-electron chi connectivity index (χ0n) is 25.7. The first-order valence-electron chi connectivity index (χ1n) is 14.6. The molecule has 0 spiro atoms. The van der Waals surface area contributed by atoms with Gasteiger partial charge >= 0.3 is 5.97 Å². The van der Waals surface area contributed by atoms with Crippen LogP contribution in [0.1, 0.15) is 65.5 Å². The first-order valence-corrected chi connectivity index (χ1v) is 14.6. The second-order valence-electron chi connectivity index (χ2n) is 11.7. The Balaban J connectivity index is 1.61. The van der Waals surface area contributed by atoms with Crippen LogP contribution in [0.25, 0.3) is 0 Å². The SMILES string of the molecule is CNCCOc1ccc(C(=O)NCc2cccc(C(=O)N[C@@H](CC(C)(C)C)C(=O)Nc3ccc(CCC(=O)O)cc3)c2)cc1. The quantitative estimate of drug-likeness (QED) is 0.162. The summed E-state index contributed by atoms with van der Waals surface area (Å²) in [5.74, 6) is -1.20. The minimum atomic E-state index is -0.869. The van der Waals surface area contributed by atoms with Crippen molar-refractivity contribution >= 4 is 29.4 Å². The molecule has 0 fully saturated rings. The third kappa shape index (κ3) is 11.5. The first-order chi connectivity index (χ1) is 20.9. The van der Waals surface area contributed by atoms with Crippen molar-refractivity contribution in [2.75, 3.05) is 25.5 Å². The summed E-state index contributed by atoms with van der Waals surface area (Å²) < 4.78 is 5.59. The molecule has 1 atom stereocenters. The zero-order chi connectivity index (χ0) is 32.1. The average Bonchev–Trinajstić information content (AvgIpc) is 2.99. The Kier molecular flexibility index (Phi) is 12.5. The van der Waals surface area contributed by atoms with E-state index in [-0.39, 0.29) is 30.2 Å². The molecule has 0 saturated heterocycles. The molecule has 3 rings (SSSR count). The van der Waals surface area contributed by atoms with Crippen LogP contribution in [0.15, 0.2) is 72.8 Å². The average molecular weight is 603 g/mol. The molecule has 0 bridgehead atoms. The molecule has 3 aromatic carbocycles. The number of likely N-dealkylation sites (N-methyl/N-ethyl adjacent to an activating group) is 1. The number of amides is 3. The maximum absolute atomic E-state index is 13.3. The Morgan fingerprint density at radius 3 is 2.20 bits per heavy atom. The van der Waals surface area contributed by atoms with Crippen molar-refractivity contribution < 1.29 is 29.0 Å². The van der Waals surface area contributed by atoms with Gasteiger partial charge in [-0.25, -0.2) is 0 Å². The van der Waals surface area contributed by atoms with E-state index in [2.05, 4.69) is 21.3 Å². The summed E-state index contributed by atoms with van der Waals surface area (Å²) >= 11 is 0. The van der Waals surface area contributed by atoms with Crippen molar-refractivity contribution in [3.8, 4) is 5.75 Å². The maximum atomic E-state index is 13.3. The lowest BCUT2D eigenvalue weighted by atomic mass is 9.87. The zero-order valence-corrected chi connectivity index (χ0v) is 25.7. The Hall–Kier alpha value is -4.70. The van der Waals surface area contributed by atoms with E-state index in [1.807, 2.05) is 33.9 Å². The molecule has 10 heteroatoms. The Morgan fingerprint density at radius 2 is 1.57 bits per heavy atom. The number of carboxylic acid groups (broad SMARTS) is 1. The van der Waals surface area contributed by atoms with E-state index >= 15 is 0 Å². The van der Waals surface area contributed by atoms with E-state index in [1.54, 1.807) is 66.7 Å². The molecular formula is C34H42N4O6. The smallest absolute Gasteiger partial charge is 0.303 e. The van der Waals surface area contributed by atoms with Crippen LogP contribution in [0.4, 0.5) is 5.69 Å². The number of hydrogen-bond donors (Lipinski definition) is 5.